The smallest absolute Gasteiger partial charge is 0.417 e. The number of hydrogen-bond acceptors (Lipinski definition) is 7. The molecule has 0 spiro atoms. The summed E-state index contributed by atoms with van der Waals surface area (Å²) in [5.74, 6) is -1.16. The summed E-state index contributed by atoms with van der Waals surface area (Å²) in [6.07, 6.45) is -0.153. The van der Waals surface area contributed by atoms with Gasteiger partial charge in [0.1, 0.15) is 0 Å². The summed E-state index contributed by atoms with van der Waals surface area (Å²) in [6.45, 7) is -0.0898. The Hall–Kier alpha value is -4.12. The number of fused-ring (bicyclic) bond motifs is 1. The first-order valence-corrected chi connectivity index (χ1v) is 10.1. The third-order valence-corrected chi connectivity index (χ3v) is 5.09. The number of H-pyrrole nitrogens is 2. The number of methoxy groups -OCH3 is 1. The first kappa shape index (κ1) is 22.1. The molecule has 0 saturated heterocycles. The maximum Gasteiger partial charge on any atom is 0.417 e. The molecule has 4 rings (SSSR count). The van der Waals surface area contributed by atoms with Crippen LogP contribution in [0.2, 0.25) is 5.02 Å². The molecule has 2 aromatic carbocycles. The molecule has 11 nitrogen and oxygen atoms in total. The summed E-state index contributed by atoms with van der Waals surface area (Å²) in [4.78, 5) is 58.2. The van der Waals surface area contributed by atoms with Crippen molar-refractivity contribution in [2.75, 3.05) is 7.11 Å². The maximum absolute atomic E-state index is 13.2. The lowest BCUT2D eigenvalue weighted by Crippen LogP contribution is -2.50. The normalized spacial score (nSPS) is 11.8. The summed E-state index contributed by atoms with van der Waals surface area (Å²) in [7, 11) is 1.22. The van der Waals surface area contributed by atoms with Gasteiger partial charge >= 0.3 is 23.1 Å². The summed E-state index contributed by atoms with van der Waals surface area (Å²) >= 11 is 5.95. The molecule has 33 heavy (non-hydrogen) atoms. The standard InChI is InChI=1S/C21H18ClN5O6/c1-32-17(28)8-9-26-19(29)25-18(23-14-6-7-15-16(10-14)33-20(30)24-15)27(21(26)31)11-12-2-4-13(22)5-3-12/h2-7,10H,8-9,11H2,1H3,(H,24,30)(H,23,25,29). The molecule has 4 aromatic rings. The van der Waals surface area contributed by atoms with E-state index in [9.17, 15) is 19.2 Å². The lowest BCUT2D eigenvalue weighted by Gasteiger charge is -2.11. The van der Waals surface area contributed by atoms with Crippen molar-refractivity contribution in [3.05, 3.63) is 90.2 Å². The Bertz CT molecular complexity index is 1570. The Kier molecular flexibility index (Phi) is 6.13. The second kappa shape index (κ2) is 9.17. The van der Waals surface area contributed by atoms with Crippen LogP contribution in [0, 0.1) is 0 Å². The predicted molar refractivity (Wildman–Crippen MR) is 119 cm³/mol. The number of nitrogens with one attached hydrogen (secondary N) is 2. The van der Waals surface area contributed by atoms with Gasteiger partial charge in [-0.1, -0.05) is 23.7 Å². The number of ether oxygens (including phenoxy) is 1. The average molecular weight is 472 g/mol. The first-order valence-electron chi connectivity index (χ1n) is 9.77. The van der Waals surface area contributed by atoms with Gasteiger partial charge in [-0.15, -0.1) is 0 Å². The molecular weight excluding hydrogens is 454 g/mol. The maximum atomic E-state index is 13.2. The van der Waals surface area contributed by atoms with Gasteiger partial charge in [0.15, 0.2) is 5.58 Å². The van der Waals surface area contributed by atoms with Crippen LogP contribution in [-0.2, 0) is 22.6 Å². The number of nitrogens with zero attached hydrogens (tertiary/aromatic N) is 3. The van der Waals surface area contributed by atoms with Gasteiger partial charge in [0.05, 0.1) is 31.3 Å². The SMILES string of the molecule is COC(=O)CCn1c(=O)[nH]/c(=N\c2ccc3[nH]c(=O)oc3c2)n(Cc2ccc(Cl)cc2)c1=O. The summed E-state index contributed by atoms with van der Waals surface area (Å²) in [6, 6.07) is 11.5. The zero-order valence-electron chi connectivity index (χ0n) is 17.3. The molecule has 12 heteroatoms. The van der Waals surface area contributed by atoms with E-state index >= 15 is 0 Å². The average Bonchev–Trinajstić information content (AvgIpc) is 3.16. The Labute approximate surface area is 189 Å². The molecule has 0 aliphatic rings. The zero-order chi connectivity index (χ0) is 23.5. The molecule has 2 aromatic heterocycles. The van der Waals surface area contributed by atoms with E-state index in [-0.39, 0.29) is 30.7 Å². The molecule has 0 bridgehead atoms. The number of halogens is 1. The molecule has 0 aliphatic carbocycles. The van der Waals surface area contributed by atoms with Crippen LogP contribution < -0.4 is 22.8 Å². The molecule has 170 valence electrons. The van der Waals surface area contributed by atoms with Crippen LogP contribution in [0.25, 0.3) is 11.1 Å². The van der Waals surface area contributed by atoms with Crippen molar-refractivity contribution in [3.63, 3.8) is 0 Å². The van der Waals surface area contributed by atoms with Crippen molar-refractivity contribution >= 4 is 34.4 Å². The summed E-state index contributed by atoms with van der Waals surface area (Å²) < 4.78 is 11.8. The van der Waals surface area contributed by atoms with Crippen LogP contribution >= 0.6 is 11.6 Å². The number of aromatic amines is 2. The lowest BCUT2D eigenvalue weighted by atomic mass is 10.2. The molecule has 0 aliphatic heterocycles. The fraction of sp³-hybridized carbons (Fsp3) is 0.190. The van der Waals surface area contributed by atoms with Crippen LogP contribution in [0.1, 0.15) is 12.0 Å². The first-order chi connectivity index (χ1) is 15.8. The highest BCUT2D eigenvalue weighted by atomic mass is 35.5. The fourth-order valence-electron chi connectivity index (χ4n) is 3.19. The number of esters is 1. The van der Waals surface area contributed by atoms with E-state index in [1.807, 2.05) is 0 Å². The molecule has 0 saturated carbocycles. The van der Waals surface area contributed by atoms with E-state index in [4.69, 9.17) is 16.0 Å². The summed E-state index contributed by atoms with van der Waals surface area (Å²) in [5, 5.41) is 0.534. The van der Waals surface area contributed by atoms with Crippen LogP contribution in [0.3, 0.4) is 0 Å². The Morgan fingerprint density at radius 3 is 2.58 bits per heavy atom. The number of rotatable bonds is 6. The van der Waals surface area contributed by atoms with Gasteiger partial charge in [0.2, 0.25) is 5.62 Å². The van der Waals surface area contributed by atoms with Crippen molar-refractivity contribution in [3.8, 4) is 0 Å². The van der Waals surface area contributed by atoms with E-state index < -0.39 is 23.1 Å². The second-order valence-corrected chi connectivity index (χ2v) is 7.47. The quantitative estimate of drug-likeness (QED) is 0.405. The molecule has 2 N–H and O–H groups in total. The van der Waals surface area contributed by atoms with Gasteiger partial charge in [-0.05, 0) is 29.8 Å². The van der Waals surface area contributed by atoms with Crippen LogP contribution in [0.5, 0.6) is 0 Å². The van der Waals surface area contributed by atoms with Crippen molar-refractivity contribution in [2.45, 2.75) is 19.5 Å². The zero-order valence-corrected chi connectivity index (χ0v) is 18.1. The Morgan fingerprint density at radius 1 is 1.09 bits per heavy atom. The van der Waals surface area contributed by atoms with Crippen molar-refractivity contribution in [1.29, 1.82) is 0 Å². The molecule has 2 heterocycles. The van der Waals surface area contributed by atoms with Crippen LogP contribution in [0.4, 0.5) is 5.69 Å². The van der Waals surface area contributed by atoms with Gasteiger partial charge in [0.25, 0.3) is 0 Å². The van der Waals surface area contributed by atoms with Gasteiger partial charge in [0, 0.05) is 17.6 Å². The molecule has 0 atom stereocenters. The Morgan fingerprint density at radius 2 is 1.85 bits per heavy atom. The number of carbonyl (C=O) groups is 1. The Balaban J connectivity index is 1.86. The minimum Gasteiger partial charge on any atom is -0.469 e. The van der Waals surface area contributed by atoms with Crippen LogP contribution in [-0.4, -0.2) is 32.2 Å². The minimum atomic E-state index is -0.732. The number of aromatic nitrogens is 4. The van der Waals surface area contributed by atoms with E-state index in [1.165, 1.54) is 17.7 Å². The highest BCUT2D eigenvalue weighted by molar-refractivity contribution is 6.30. The minimum absolute atomic E-state index is 0.0218. The van der Waals surface area contributed by atoms with E-state index in [0.717, 1.165) is 10.1 Å². The topological polar surface area (TPSA) is 144 Å². The highest BCUT2D eigenvalue weighted by Crippen LogP contribution is 2.18. The van der Waals surface area contributed by atoms with Gasteiger partial charge in [-0.3, -0.25) is 19.3 Å². The largest absolute Gasteiger partial charge is 0.469 e. The van der Waals surface area contributed by atoms with Gasteiger partial charge < -0.3 is 9.15 Å². The molecule has 0 fully saturated rings. The predicted octanol–water partition coefficient (Wildman–Crippen LogP) is 1.27. The monoisotopic (exact) mass is 471 g/mol. The number of carbonyl (C=O) groups excluding carboxylic acids is 1. The highest BCUT2D eigenvalue weighted by Gasteiger charge is 2.12. The van der Waals surface area contributed by atoms with Crippen molar-refractivity contribution in [1.82, 2.24) is 19.1 Å². The molecule has 0 amide bonds. The van der Waals surface area contributed by atoms with E-state index in [1.54, 1.807) is 36.4 Å². The van der Waals surface area contributed by atoms with Crippen molar-refractivity contribution in [2.24, 2.45) is 4.99 Å². The molecule has 0 radical (unpaired) electrons. The number of oxazole rings is 1. The van der Waals surface area contributed by atoms with Crippen LogP contribution in [0.15, 0.2) is 66.3 Å². The number of hydrogen-bond donors (Lipinski definition) is 2. The van der Waals surface area contributed by atoms with Gasteiger partial charge in [-0.2, -0.15) is 0 Å². The van der Waals surface area contributed by atoms with E-state index in [0.29, 0.717) is 16.2 Å². The number of benzene rings is 2. The molecular formula is C21H18ClN5O6. The summed E-state index contributed by atoms with van der Waals surface area (Å²) in [5.41, 5.74) is 0.425. The third kappa shape index (κ3) is 4.88. The van der Waals surface area contributed by atoms with E-state index in [2.05, 4.69) is 19.7 Å². The fourth-order valence-corrected chi connectivity index (χ4v) is 3.31. The third-order valence-electron chi connectivity index (χ3n) is 4.84. The lowest BCUT2D eigenvalue weighted by molar-refractivity contribution is -0.140. The second-order valence-electron chi connectivity index (χ2n) is 7.03. The van der Waals surface area contributed by atoms with Gasteiger partial charge in [-0.25, -0.2) is 23.9 Å². The molecule has 0 unspecified atom stereocenters. The van der Waals surface area contributed by atoms with Crippen molar-refractivity contribution < 1.29 is 13.9 Å².